The van der Waals surface area contributed by atoms with E-state index in [1.54, 1.807) is 6.92 Å². The molecule has 0 radical (unpaired) electrons. The van der Waals surface area contributed by atoms with Gasteiger partial charge in [-0.25, -0.2) is 4.98 Å². The van der Waals surface area contributed by atoms with Crippen molar-refractivity contribution in [3.8, 4) is 0 Å². The summed E-state index contributed by atoms with van der Waals surface area (Å²) in [5, 5.41) is 0. The topological polar surface area (TPSA) is 86.9 Å². The van der Waals surface area contributed by atoms with Gasteiger partial charge in [-0.3, -0.25) is 4.79 Å². The number of imidazole rings is 1. The summed E-state index contributed by atoms with van der Waals surface area (Å²) in [5.74, 6) is 0.691. The van der Waals surface area contributed by atoms with Crippen molar-refractivity contribution in [2.75, 3.05) is 0 Å². The number of carbonyl (C=O) groups is 1. The van der Waals surface area contributed by atoms with Crippen LogP contribution in [-0.4, -0.2) is 21.0 Å². The third-order valence-corrected chi connectivity index (χ3v) is 4.31. The van der Waals surface area contributed by atoms with E-state index in [1.165, 1.54) is 24.2 Å². The van der Waals surface area contributed by atoms with Gasteiger partial charge in [0.2, 0.25) is 5.91 Å². The maximum atomic E-state index is 11.2. The zero-order valence-electron chi connectivity index (χ0n) is 12.6. The molecule has 0 aromatic carbocycles. The number of aryl methyl sites for hydroxylation is 2. The molecule has 0 bridgehead atoms. The van der Waals surface area contributed by atoms with Crippen LogP contribution in [0.15, 0.2) is 0 Å². The fourth-order valence-corrected chi connectivity index (χ4v) is 2.92. The van der Waals surface area contributed by atoms with Gasteiger partial charge in [0.15, 0.2) is 0 Å². The van der Waals surface area contributed by atoms with Crippen molar-refractivity contribution in [3.05, 3.63) is 17.2 Å². The second-order valence-corrected chi connectivity index (χ2v) is 6.15. The van der Waals surface area contributed by atoms with E-state index in [4.69, 9.17) is 11.5 Å². The van der Waals surface area contributed by atoms with Crippen LogP contribution >= 0.6 is 0 Å². The first-order valence-corrected chi connectivity index (χ1v) is 7.55. The van der Waals surface area contributed by atoms with E-state index in [0.29, 0.717) is 6.42 Å². The van der Waals surface area contributed by atoms with Gasteiger partial charge >= 0.3 is 0 Å². The molecule has 1 aliphatic rings. The highest BCUT2D eigenvalue weighted by atomic mass is 16.1. The number of fused-ring (bicyclic) bond motifs is 1. The quantitative estimate of drug-likeness (QED) is 0.772. The van der Waals surface area contributed by atoms with Gasteiger partial charge in [-0.2, -0.15) is 0 Å². The summed E-state index contributed by atoms with van der Waals surface area (Å²) >= 11 is 0. The van der Waals surface area contributed by atoms with Crippen LogP contribution in [0.2, 0.25) is 0 Å². The zero-order valence-corrected chi connectivity index (χ0v) is 12.6. The maximum absolute atomic E-state index is 11.2. The van der Waals surface area contributed by atoms with Gasteiger partial charge in [0.25, 0.3) is 0 Å². The van der Waals surface area contributed by atoms with E-state index >= 15 is 0 Å². The minimum Gasteiger partial charge on any atom is -0.368 e. The van der Waals surface area contributed by atoms with Crippen molar-refractivity contribution in [2.24, 2.45) is 11.5 Å². The molecule has 2 rings (SSSR count). The van der Waals surface area contributed by atoms with Gasteiger partial charge < -0.3 is 16.0 Å². The molecule has 1 atom stereocenters. The molecule has 4 N–H and O–H groups in total. The van der Waals surface area contributed by atoms with Crippen molar-refractivity contribution in [2.45, 2.75) is 70.9 Å². The molecule has 112 valence electrons. The molecular formula is C15H26N4O. The molecular weight excluding hydrogens is 252 g/mol. The number of hydrogen-bond acceptors (Lipinski definition) is 3. The Morgan fingerprint density at radius 3 is 2.75 bits per heavy atom. The minimum absolute atomic E-state index is 0.423. The van der Waals surface area contributed by atoms with Crippen LogP contribution in [0.5, 0.6) is 0 Å². The summed E-state index contributed by atoms with van der Waals surface area (Å²) in [5.41, 5.74) is 13.0. The SMILES string of the molecule is Cc1nc2c(n1CCCCC(C)(N)C(N)=O)CCCC2. The van der Waals surface area contributed by atoms with Crippen LogP contribution < -0.4 is 11.5 Å². The molecule has 0 spiro atoms. The maximum Gasteiger partial charge on any atom is 0.237 e. The molecule has 1 aromatic heterocycles. The average Bonchev–Trinajstić information content (AvgIpc) is 2.70. The van der Waals surface area contributed by atoms with Crippen LogP contribution in [0.3, 0.4) is 0 Å². The molecule has 1 aliphatic carbocycles. The highest BCUT2D eigenvalue weighted by Gasteiger charge is 2.24. The Balaban J connectivity index is 1.89. The number of unbranched alkanes of at least 4 members (excludes halogenated alkanes) is 1. The Labute approximate surface area is 120 Å². The summed E-state index contributed by atoms with van der Waals surface area (Å²) < 4.78 is 2.34. The van der Waals surface area contributed by atoms with Crippen LogP contribution in [0.25, 0.3) is 0 Å². The molecule has 0 saturated carbocycles. The van der Waals surface area contributed by atoms with Gasteiger partial charge in [0.1, 0.15) is 5.82 Å². The number of carbonyl (C=O) groups excluding carboxylic acids is 1. The molecule has 1 heterocycles. The van der Waals surface area contributed by atoms with Crippen LogP contribution in [0, 0.1) is 6.92 Å². The molecule has 1 unspecified atom stereocenters. The summed E-state index contributed by atoms with van der Waals surface area (Å²) in [7, 11) is 0. The normalized spacial score (nSPS) is 17.6. The second-order valence-electron chi connectivity index (χ2n) is 6.15. The van der Waals surface area contributed by atoms with Crippen molar-refractivity contribution < 1.29 is 4.79 Å². The molecule has 20 heavy (non-hydrogen) atoms. The first-order valence-electron chi connectivity index (χ1n) is 7.55. The Morgan fingerprint density at radius 2 is 2.05 bits per heavy atom. The lowest BCUT2D eigenvalue weighted by molar-refractivity contribution is -0.122. The summed E-state index contributed by atoms with van der Waals surface area (Å²) in [6, 6.07) is 0. The molecule has 5 nitrogen and oxygen atoms in total. The lowest BCUT2D eigenvalue weighted by atomic mass is 9.95. The fourth-order valence-electron chi connectivity index (χ4n) is 2.92. The van der Waals surface area contributed by atoms with Crippen molar-refractivity contribution >= 4 is 5.91 Å². The van der Waals surface area contributed by atoms with Gasteiger partial charge in [-0.15, -0.1) is 0 Å². The first kappa shape index (κ1) is 15.0. The largest absolute Gasteiger partial charge is 0.368 e. The summed E-state index contributed by atoms with van der Waals surface area (Å²) in [6.45, 7) is 4.75. The van der Waals surface area contributed by atoms with Crippen LogP contribution in [-0.2, 0) is 24.2 Å². The molecule has 0 saturated heterocycles. The number of nitrogens with zero attached hydrogens (tertiary/aromatic N) is 2. The summed E-state index contributed by atoms with van der Waals surface area (Å²) in [6.07, 6.45) is 7.33. The predicted molar refractivity (Wildman–Crippen MR) is 79.2 cm³/mol. The van der Waals surface area contributed by atoms with E-state index in [0.717, 1.165) is 38.1 Å². The average molecular weight is 278 g/mol. The number of primary amides is 1. The molecule has 1 amide bonds. The van der Waals surface area contributed by atoms with E-state index in [1.807, 2.05) is 0 Å². The number of hydrogen-bond donors (Lipinski definition) is 2. The Bertz CT molecular complexity index is 490. The van der Waals surface area contributed by atoms with Crippen LogP contribution in [0.1, 0.15) is 56.2 Å². The fraction of sp³-hybridized carbons (Fsp3) is 0.733. The number of amides is 1. The van der Waals surface area contributed by atoms with Crippen LogP contribution in [0.4, 0.5) is 0 Å². The van der Waals surface area contributed by atoms with Gasteiger partial charge in [-0.1, -0.05) is 0 Å². The minimum atomic E-state index is -0.886. The van der Waals surface area contributed by atoms with E-state index in [9.17, 15) is 4.79 Å². The molecule has 5 heteroatoms. The Morgan fingerprint density at radius 1 is 1.35 bits per heavy atom. The summed E-state index contributed by atoms with van der Waals surface area (Å²) in [4.78, 5) is 15.8. The predicted octanol–water partition coefficient (Wildman–Crippen LogP) is 1.44. The smallest absolute Gasteiger partial charge is 0.237 e. The molecule has 0 fully saturated rings. The Hall–Kier alpha value is -1.36. The van der Waals surface area contributed by atoms with E-state index in [-0.39, 0.29) is 0 Å². The standard InChI is InChI=1S/C15H26N4O/c1-11-18-12-7-3-4-8-13(12)19(11)10-6-5-9-15(2,17)14(16)20/h3-10,17H2,1-2H3,(H2,16,20). The van der Waals surface area contributed by atoms with Crippen molar-refractivity contribution in [1.29, 1.82) is 0 Å². The van der Waals surface area contributed by atoms with Crippen molar-refractivity contribution in [3.63, 3.8) is 0 Å². The number of aromatic nitrogens is 2. The van der Waals surface area contributed by atoms with Gasteiger partial charge in [-0.05, 0) is 58.8 Å². The third kappa shape index (κ3) is 3.20. The number of rotatable bonds is 6. The second kappa shape index (κ2) is 5.95. The first-order chi connectivity index (χ1) is 9.42. The monoisotopic (exact) mass is 278 g/mol. The van der Waals surface area contributed by atoms with E-state index < -0.39 is 11.4 Å². The third-order valence-electron chi connectivity index (χ3n) is 4.31. The zero-order chi connectivity index (χ0) is 14.8. The van der Waals surface area contributed by atoms with E-state index in [2.05, 4.69) is 16.5 Å². The van der Waals surface area contributed by atoms with Crippen molar-refractivity contribution in [1.82, 2.24) is 9.55 Å². The lowest BCUT2D eigenvalue weighted by Crippen LogP contribution is -2.49. The highest BCUT2D eigenvalue weighted by Crippen LogP contribution is 2.22. The lowest BCUT2D eigenvalue weighted by Gasteiger charge is -2.20. The van der Waals surface area contributed by atoms with Gasteiger partial charge in [0.05, 0.1) is 11.2 Å². The number of nitrogens with two attached hydrogens (primary N) is 2. The Kier molecular flexibility index (Phi) is 4.48. The molecule has 0 aliphatic heterocycles. The van der Waals surface area contributed by atoms with Gasteiger partial charge in [0, 0.05) is 12.2 Å². The molecule has 1 aromatic rings. The highest BCUT2D eigenvalue weighted by molar-refractivity contribution is 5.83.